The maximum absolute atomic E-state index is 12.2. The fourth-order valence-corrected chi connectivity index (χ4v) is 1.78. The van der Waals surface area contributed by atoms with Crippen LogP contribution in [0.3, 0.4) is 0 Å². The SMILES string of the molecule is CC(CCN)C(=O)NC(C)c1cccc(OC(F)F)c1. The Hall–Kier alpha value is -1.69. The van der Waals surface area contributed by atoms with Crippen LogP contribution in [0.25, 0.3) is 0 Å². The van der Waals surface area contributed by atoms with Crippen molar-refractivity contribution in [3.8, 4) is 5.75 Å². The number of rotatable bonds is 7. The molecule has 6 heteroatoms. The van der Waals surface area contributed by atoms with Gasteiger partial charge in [-0.15, -0.1) is 0 Å². The molecule has 0 saturated carbocycles. The summed E-state index contributed by atoms with van der Waals surface area (Å²) in [5, 5.41) is 2.82. The van der Waals surface area contributed by atoms with Crippen molar-refractivity contribution in [2.75, 3.05) is 6.54 Å². The Balaban J connectivity index is 2.67. The first-order chi connectivity index (χ1) is 9.43. The van der Waals surface area contributed by atoms with E-state index in [2.05, 4.69) is 10.1 Å². The third-order valence-corrected chi connectivity index (χ3v) is 2.99. The van der Waals surface area contributed by atoms with Gasteiger partial charge in [0, 0.05) is 5.92 Å². The Labute approximate surface area is 117 Å². The van der Waals surface area contributed by atoms with Crippen LogP contribution in [-0.4, -0.2) is 19.1 Å². The van der Waals surface area contributed by atoms with Gasteiger partial charge in [-0.05, 0) is 37.6 Å². The molecular weight excluding hydrogens is 266 g/mol. The zero-order chi connectivity index (χ0) is 15.1. The molecule has 0 heterocycles. The second-order valence-corrected chi connectivity index (χ2v) is 4.66. The lowest BCUT2D eigenvalue weighted by Crippen LogP contribution is -2.32. The van der Waals surface area contributed by atoms with Gasteiger partial charge in [-0.3, -0.25) is 4.79 Å². The Bertz CT molecular complexity index is 441. The monoisotopic (exact) mass is 286 g/mol. The molecule has 1 aromatic rings. The van der Waals surface area contributed by atoms with Crippen LogP contribution in [0.2, 0.25) is 0 Å². The van der Waals surface area contributed by atoms with Gasteiger partial charge in [-0.1, -0.05) is 19.1 Å². The van der Waals surface area contributed by atoms with Crippen LogP contribution in [0.4, 0.5) is 8.78 Å². The van der Waals surface area contributed by atoms with E-state index in [0.717, 1.165) is 0 Å². The van der Waals surface area contributed by atoms with Gasteiger partial charge in [0.1, 0.15) is 5.75 Å². The van der Waals surface area contributed by atoms with Crippen molar-refractivity contribution in [1.29, 1.82) is 0 Å². The summed E-state index contributed by atoms with van der Waals surface area (Å²) < 4.78 is 28.6. The molecule has 3 N–H and O–H groups in total. The summed E-state index contributed by atoms with van der Waals surface area (Å²) in [6.07, 6.45) is 0.604. The second kappa shape index (κ2) is 7.79. The molecule has 0 aliphatic rings. The van der Waals surface area contributed by atoms with Crippen molar-refractivity contribution in [3.05, 3.63) is 29.8 Å². The highest BCUT2D eigenvalue weighted by Gasteiger charge is 2.16. The van der Waals surface area contributed by atoms with Crippen molar-refractivity contribution in [3.63, 3.8) is 0 Å². The lowest BCUT2D eigenvalue weighted by atomic mass is 10.0. The average Bonchev–Trinajstić information content (AvgIpc) is 2.38. The van der Waals surface area contributed by atoms with Gasteiger partial charge in [0.05, 0.1) is 6.04 Å². The molecule has 1 aromatic carbocycles. The Morgan fingerprint density at radius 2 is 2.10 bits per heavy atom. The molecule has 0 saturated heterocycles. The summed E-state index contributed by atoms with van der Waals surface area (Å²) in [7, 11) is 0. The number of alkyl halides is 2. The molecule has 112 valence electrons. The van der Waals surface area contributed by atoms with Gasteiger partial charge in [-0.2, -0.15) is 8.78 Å². The lowest BCUT2D eigenvalue weighted by Gasteiger charge is -2.18. The van der Waals surface area contributed by atoms with E-state index in [1.807, 2.05) is 0 Å². The molecule has 2 unspecified atom stereocenters. The summed E-state index contributed by atoms with van der Waals surface area (Å²) >= 11 is 0. The maximum atomic E-state index is 12.2. The molecule has 0 bridgehead atoms. The number of nitrogens with two attached hydrogens (primary N) is 1. The number of nitrogens with one attached hydrogen (secondary N) is 1. The van der Waals surface area contributed by atoms with Gasteiger partial charge in [0.25, 0.3) is 0 Å². The highest BCUT2D eigenvalue weighted by molar-refractivity contribution is 5.78. The van der Waals surface area contributed by atoms with E-state index in [1.54, 1.807) is 26.0 Å². The molecule has 0 fully saturated rings. The molecule has 0 aliphatic carbocycles. The van der Waals surface area contributed by atoms with Gasteiger partial charge >= 0.3 is 6.61 Å². The van der Waals surface area contributed by atoms with Crippen LogP contribution in [0.1, 0.15) is 31.9 Å². The van der Waals surface area contributed by atoms with E-state index in [4.69, 9.17) is 5.73 Å². The molecule has 20 heavy (non-hydrogen) atoms. The van der Waals surface area contributed by atoms with Gasteiger partial charge in [-0.25, -0.2) is 0 Å². The number of halogens is 2. The third-order valence-electron chi connectivity index (χ3n) is 2.99. The predicted molar refractivity (Wildman–Crippen MR) is 72.5 cm³/mol. The standard InChI is InChI=1S/C14H20F2N2O2/c1-9(6-7-17)13(19)18-10(2)11-4-3-5-12(8-11)20-14(15)16/h3-5,8-10,14H,6-7,17H2,1-2H3,(H,18,19). The summed E-state index contributed by atoms with van der Waals surface area (Å²) in [4.78, 5) is 11.9. The molecule has 1 amide bonds. The van der Waals surface area contributed by atoms with Crippen molar-refractivity contribution in [1.82, 2.24) is 5.32 Å². The van der Waals surface area contributed by atoms with E-state index < -0.39 is 6.61 Å². The summed E-state index contributed by atoms with van der Waals surface area (Å²) in [6.45, 7) is 1.17. The fourth-order valence-electron chi connectivity index (χ4n) is 1.78. The third kappa shape index (κ3) is 5.13. The van der Waals surface area contributed by atoms with Crippen molar-refractivity contribution in [2.24, 2.45) is 11.7 Å². The van der Waals surface area contributed by atoms with Gasteiger partial charge < -0.3 is 15.8 Å². The minimum atomic E-state index is -2.86. The minimum absolute atomic E-state index is 0.0774. The number of hydrogen-bond acceptors (Lipinski definition) is 3. The van der Waals surface area contributed by atoms with Crippen LogP contribution >= 0.6 is 0 Å². The summed E-state index contributed by atoms with van der Waals surface area (Å²) in [5.41, 5.74) is 6.11. The number of hydrogen-bond donors (Lipinski definition) is 2. The second-order valence-electron chi connectivity index (χ2n) is 4.66. The Morgan fingerprint density at radius 1 is 1.40 bits per heavy atom. The quantitative estimate of drug-likeness (QED) is 0.809. The molecule has 0 radical (unpaired) electrons. The predicted octanol–water partition coefficient (Wildman–Crippen LogP) is 2.45. The number of carbonyl (C=O) groups excluding carboxylic acids is 1. The van der Waals surface area contributed by atoms with Crippen LogP contribution in [0.15, 0.2) is 24.3 Å². The van der Waals surface area contributed by atoms with Crippen molar-refractivity contribution < 1.29 is 18.3 Å². The molecule has 1 rings (SSSR count). The molecule has 4 nitrogen and oxygen atoms in total. The molecular formula is C14H20F2N2O2. The first-order valence-corrected chi connectivity index (χ1v) is 6.49. The zero-order valence-corrected chi connectivity index (χ0v) is 11.6. The van der Waals surface area contributed by atoms with Crippen molar-refractivity contribution in [2.45, 2.75) is 32.9 Å². The van der Waals surface area contributed by atoms with Crippen LogP contribution in [0.5, 0.6) is 5.75 Å². The molecule has 0 spiro atoms. The molecule has 0 aromatic heterocycles. The van der Waals surface area contributed by atoms with E-state index >= 15 is 0 Å². The fraction of sp³-hybridized carbons (Fsp3) is 0.500. The summed E-state index contributed by atoms with van der Waals surface area (Å²) in [5.74, 6) is -0.209. The Morgan fingerprint density at radius 3 is 2.70 bits per heavy atom. The highest BCUT2D eigenvalue weighted by atomic mass is 19.3. The van der Waals surface area contributed by atoms with Gasteiger partial charge in [0.15, 0.2) is 0 Å². The number of ether oxygens (including phenoxy) is 1. The smallest absolute Gasteiger partial charge is 0.387 e. The van der Waals surface area contributed by atoms with E-state index in [1.165, 1.54) is 12.1 Å². The average molecular weight is 286 g/mol. The normalized spacial score (nSPS) is 13.9. The zero-order valence-electron chi connectivity index (χ0n) is 11.6. The lowest BCUT2D eigenvalue weighted by molar-refractivity contribution is -0.125. The van der Waals surface area contributed by atoms with Gasteiger partial charge in [0.2, 0.25) is 5.91 Å². The molecule has 2 atom stereocenters. The van der Waals surface area contributed by atoms with Crippen LogP contribution in [-0.2, 0) is 4.79 Å². The molecule has 0 aliphatic heterocycles. The number of benzene rings is 1. The maximum Gasteiger partial charge on any atom is 0.387 e. The van der Waals surface area contributed by atoms with Crippen molar-refractivity contribution >= 4 is 5.91 Å². The van der Waals surface area contributed by atoms with E-state index in [-0.39, 0.29) is 23.6 Å². The van der Waals surface area contributed by atoms with Crippen LogP contribution in [0, 0.1) is 5.92 Å². The highest BCUT2D eigenvalue weighted by Crippen LogP contribution is 2.21. The number of carbonyl (C=O) groups is 1. The summed E-state index contributed by atoms with van der Waals surface area (Å²) in [6, 6.07) is 6.01. The van der Waals surface area contributed by atoms with Crippen LogP contribution < -0.4 is 15.8 Å². The first kappa shape index (κ1) is 16.4. The van der Waals surface area contributed by atoms with E-state index in [0.29, 0.717) is 18.5 Å². The van der Waals surface area contributed by atoms with E-state index in [9.17, 15) is 13.6 Å². The first-order valence-electron chi connectivity index (χ1n) is 6.49. The topological polar surface area (TPSA) is 64.4 Å². The Kier molecular flexibility index (Phi) is 6.38. The number of amides is 1. The minimum Gasteiger partial charge on any atom is -0.435 e. The largest absolute Gasteiger partial charge is 0.435 e.